The summed E-state index contributed by atoms with van der Waals surface area (Å²) in [7, 11) is 0. The number of imide groups is 1. The van der Waals surface area contributed by atoms with Gasteiger partial charge in [-0.25, -0.2) is 4.39 Å². The van der Waals surface area contributed by atoms with Gasteiger partial charge in [0.15, 0.2) is 0 Å². The van der Waals surface area contributed by atoms with Gasteiger partial charge in [-0.2, -0.15) is 0 Å². The Bertz CT molecular complexity index is 469. The third kappa shape index (κ3) is 3.53. The van der Waals surface area contributed by atoms with Crippen LogP contribution < -0.4 is 10.4 Å². The first-order valence-corrected chi connectivity index (χ1v) is 4.77. The summed E-state index contributed by atoms with van der Waals surface area (Å²) < 4.78 is 13.2. The maximum Gasteiger partial charge on any atom is 0.273 e. The van der Waals surface area contributed by atoms with Crippen molar-refractivity contribution in [3.63, 3.8) is 0 Å². The standard InChI is InChI=1S/C10H7ClFNO4/c11-6-2-1-3-7(12)5(6)4-8(14)13-9(15)10(16)17/h1-3H,4H2,(H,16,17)(H,13,14,15)/p-1. The third-order valence-electron chi connectivity index (χ3n) is 1.84. The lowest BCUT2D eigenvalue weighted by Crippen LogP contribution is -2.44. The van der Waals surface area contributed by atoms with Crippen LogP contribution in [0.5, 0.6) is 0 Å². The van der Waals surface area contributed by atoms with Crippen LogP contribution in [-0.2, 0) is 20.8 Å². The molecule has 0 spiro atoms. The van der Waals surface area contributed by atoms with E-state index in [-0.39, 0.29) is 10.6 Å². The predicted molar refractivity (Wildman–Crippen MR) is 53.3 cm³/mol. The number of hydrogen-bond donors (Lipinski definition) is 1. The van der Waals surface area contributed by atoms with Gasteiger partial charge in [0.25, 0.3) is 5.91 Å². The first-order valence-electron chi connectivity index (χ1n) is 4.40. The Morgan fingerprint density at radius 2 is 2.00 bits per heavy atom. The Kier molecular flexibility index (Phi) is 4.17. The molecule has 17 heavy (non-hydrogen) atoms. The zero-order chi connectivity index (χ0) is 13.0. The molecule has 0 aliphatic carbocycles. The molecule has 0 bridgehead atoms. The molecule has 1 rings (SSSR count). The average molecular weight is 259 g/mol. The molecule has 0 atom stereocenters. The second-order valence-corrected chi connectivity index (χ2v) is 3.45. The minimum absolute atomic E-state index is 0.0149. The van der Waals surface area contributed by atoms with Gasteiger partial charge in [0.2, 0.25) is 5.91 Å². The molecular weight excluding hydrogens is 253 g/mol. The van der Waals surface area contributed by atoms with Crippen molar-refractivity contribution in [1.82, 2.24) is 5.32 Å². The largest absolute Gasteiger partial charge is 0.540 e. The van der Waals surface area contributed by atoms with E-state index < -0.39 is 30.0 Å². The van der Waals surface area contributed by atoms with Crippen LogP contribution in [0.4, 0.5) is 4.39 Å². The van der Waals surface area contributed by atoms with Crippen LogP contribution in [0.3, 0.4) is 0 Å². The number of aliphatic carboxylic acids is 1. The molecule has 0 heterocycles. The summed E-state index contributed by atoms with van der Waals surface area (Å²) in [6, 6.07) is 3.81. The fraction of sp³-hybridized carbons (Fsp3) is 0.100. The third-order valence-corrected chi connectivity index (χ3v) is 2.19. The number of carboxylic acid groups (broad SMARTS) is 1. The minimum Gasteiger partial charge on any atom is -0.540 e. The van der Waals surface area contributed by atoms with Crippen LogP contribution in [0.2, 0.25) is 5.02 Å². The van der Waals surface area contributed by atoms with Gasteiger partial charge in [0, 0.05) is 10.6 Å². The highest BCUT2D eigenvalue weighted by Crippen LogP contribution is 2.19. The van der Waals surface area contributed by atoms with Crippen molar-refractivity contribution in [2.75, 3.05) is 0 Å². The normalized spacial score (nSPS) is 9.76. The summed E-state index contributed by atoms with van der Waals surface area (Å²) in [5.74, 6) is -5.32. The van der Waals surface area contributed by atoms with Crippen molar-refractivity contribution < 1.29 is 23.9 Å². The molecule has 0 unspecified atom stereocenters. The van der Waals surface area contributed by atoms with E-state index in [0.29, 0.717) is 0 Å². The van der Waals surface area contributed by atoms with Crippen LogP contribution in [0, 0.1) is 5.82 Å². The van der Waals surface area contributed by atoms with Gasteiger partial charge >= 0.3 is 0 Å². The van der Waals surface area contributed by atoms with Crippen molar-refractivity contribution >= 4 is 29.4 Å². The number of benzene rings is 1. The molecule has 7 heteroatoms. The zero-order valence-corrected chi connectivity index (χ0v) is 9.08. The molecule has 0 radical (unpaired) electrons. The van der Waals surface area contributed by atoms with E-state index in [1.807, 2.05) is 0 Å². The maximum absolute atomic E-state index is 13.2. The summed E-state index contributed by atoms with van der Waals surface area (Å²) in [4.78, 5) is 31.8. The number of hydrogen-bond acceptors (Lipinski definition) is 4. The summed E-state index contributed by atoms with van der Waals surface area (Å²) in [5, 5.41) is 11.6. The lowest BCUT2D eigenvalue weighted by Gasteiger charge is -2.06. The first-order chi connectivity index (χ1) is 7.91. The maximum atomic E-state index is 13.2. The molecule has 0 fully saturated rings. The van der Waals surface area contributed by atoms with Gasteiger partial charge in [0.05, 0.1) is 6.42 Å². The number of amides is 2. The van der Waals surface area contributed by atoms with Gasteiger partial charge in [0.1, 0.15) is 11.8 Å². The highest BCUT2D eigenvalue weighted by molar-refractivity contribution is 6.34. The number of nitrogens with one attached hydrogen (secondary N) is 1. The SMILES string of the molecule is O=C(Cc1c(F)cccc1Cl)NC(=O)C(=O)[O-]. The second kappa shape index (κ2) is 5.40. The van der Waals surface area contributed by atoms with E-state index in [4.69, 9.17) is 11.6 Å². The van der Waals surface area contributed by atoms with Gasteiger partial charge < -0.3 is 9.90 Å². The summed E-state index contributed by atoms with van der Waals surface area (Å²) in [6.07, 6.45) is -0.537. The van der Waals surface area contributed by atoms with Crippen LogP contribution >= 0.6 is 11.6 Å². The number of carboxylic acids is 1. The topological polar surface area (TPSA) is 86.3 Å². The molecule has 2 amide bonds. The first kappa shape index (κ1) is 13.1. The molecule has 5 nitrogen and oxygen atoms in total. The number of rotatable bonds is 2. The fourth-order valence-corrected chi connectivity index (χ4v) is 1.31. The van der Waals surface area contributed by atoms with Crippen molar-refractivity contribution in [2.45, 2.75) is 6.42 Å². The number of halogens is 2. The van der Waals surface area contributed by atoms with Crippen LogP contribution in [0.1, 0.15) is 5.56 Å². The molecule has 0 aliphatic rings. The smallest absolute Gasteiger partial charge is 0.273 e. The summed E-state index contributed by atoms with van der Waals surface area (Å²) in [5.41, 5.74) is -0.113. The molecule has 0 aromatic heterocycles. The summed E-state index contributed by atoms with van der Waals surface area (Å²) in [6.45, 7) is 0. The average Bonchev–Trinajstić information content (AvgIpc) is 2.23. The Balaban J connectivity index is 2.75. The minimum atomic E-state index is -2.04. The molecule has 90 valence electrons. The quantitative estimate of drug-likeness (QED) is 0.719. The van der Waals surface area contributed by atoms with E-state index in [2.05, 4.69) is 0 Å². The van der Waals surface area contributed by atoms with E-state index in [9.17, 15) is 23.9 Å². The fourth-order valence-electron chi connectivity index (χ4n) is 1.08. The van der Waals surface area contributed by atoms with E-state index >= 15 is 0 Å². The van der Waals surface area contributed by atoms with Crippen molar-refractivity contribution in [1.29, 1.82) is 0 Å². The van der Waals surface area contributed by atoms with Crippen LogP contribution in [0.15, 0.2) is 18.2 Å². The van der Waals surface area contributed by atoms with Crippen LogP contribution in [0.25, 0.3) is 0 Å². The van der Waals surface area contributed by atoms with Gasteiger partial charge in [-0.05, 0) is 12.1 Å². The monoisotopic (exact) mass is 258 g/mol. The molecular formula is C10H6ClFNO4-. The van der Waals surface area contributed by atoms with Crippen LogP contribution in [-0.4, -0.2) is 17.8 Å². The molecule has 1 aromatic rings. The lowest BCUT2D eigenvalue weighted by atomic mass is 10.1. The number of carbonyl (C=O) groups excluding carboxylic acids is 3. The highest BCUT2D eigenvalue weighted by atomic mass is 35.5. The van der Waals surface area contributed by atoms with E-state index in [0.717, 1.165) is 6.07 Å². The van der Waals surface area contributed by atoms with E-state index in [1.165, 1.54) is 17.4 Å². The Morgan fingerprint density at radius 1 is 1.35 bits per heavy atom. The van der Waals surface area contributed by atoms with E-state index in [1.54, 1.807) is 0 Å². The van der Waals surface area contributed by atoms with Gasteiger partial charge in [-0.15, -0.1) is 0 Å². The Labute approximate surface area is 100 Å². The molecule has 1 aromatic carbocycles. The zero-order valence-electron chi connectivity index (χ0n) is 8.33. The highest BCUT2D eigenvalue weighted by Gasteiger charge is 2.14. The summed E-state index contributed by atoms with van der Waals surface area (Å²) >= 11 is 5.64. The predicted octanol–water partition coefficient (Wildman–Crippen LogP) is -0.586. The molecule has 0 aliphatic heterocycles. The lowest BCUT2D eigenvalue weighted by molar-refractivity contribution is -0.300. The molecule has 1 N–H and O–H groups in total. The Hall–Kier alpha value is -1.95. The molecule has 0 saturated carbocycles. The van der Waals surface area contributed by atoms with Gasteiger partial charge in [-0.3, -0.25) is 14.9 Å². The molecule has 0 saturated heterocycles. The van der Waals surface area contributed by atoms with Crippen molar-refractivity contribution in [2.24, 2.45) is 0 Å². The van der Waals surface area contributed by atoms with Gasteiger partial charge in [-0.1, -0.05) is 17.7 Å². The van der Waals surface area contributed by atoms with Crippen molar-refractivity contribution in [3.8, 4) is 0 Å². The van der Waals surface area contributed by atoms with Crippen molar-refractivity contribution in [3.05, 3.63) is 34.6 Å². The number of carbonyl (C=O) groups is 3. The Morgan fingerprint density at radius 3 is 2.53 bits per heavy atom. The second-order valence-electron chi connectivity index (χ2n) is 3.04.